The number of hydrogen-bond donors (Lipinski definition) is 1. The van der Waals surface area contributed by atoms with Gasteiger partial charge in [-0.25, -0.2) is 0 Å². The van der Waals surface area contributed by atoms with Crippen LogP contribution < -0.4 is 5.32 Å². The van der Waals surface area contributed by atoms with Gasteiger partial charge in [-0.2, -0.15) is 0 Å². The Hall–Kier alpha value is -1.71. The van der Waals surface area contributed by atoms with Crippen molar-refractivity contribution in [3.8, 4) is 0 Å². The van der Waals surface area contributed by atoms with Crippen molar-refractivity contribution in [2.45, 2.75) is 44.2 Å². The lowest BCUT2D eigenvalue weighted by molar-refractivity contribution is -0.123. The fourth-order valence-corrected chi connectivity index (χ4v) is 2.42. The van der Waals surface area contributed by atoms with Crippen molar-refractivity contribution in [1.82, 2.24) is 5.32 Å². The van der Waals surface area contributed by atoms with E-state index in [0.29, 0.717) is 5.56 Å². The summed E-state index contributed by atoms with van der Waals surface area (Å²) in [6, 6.07) is 8.26. The van der Waals surface area contributed by atoms with E-state index in [-0.39, 0.29) is 11.9 Å². The molecule has 1 aromatic rings. The first-order valence-electron chi connectivity index (χ1n) is 6.49. The Bertz CT molecular complexity index is 400. The van der Waals surface area contributed by atoms with Crippen LogP contribution in [-0.2, 0) is 4.79 Å². The highest BCUT2D eigenvalue weighted by Crippen LogP contribution is 2.21. The molecule has 0 spiro atoms. The van der Waals surface area contributed by atoms with Gasteiger partial charge in [-0.3, -0.25) is 4.79 Å². The quantitative estimate of drug-likeness (QED) is 0.830. The van der Waals surface area contributed by atoms with Crippen LogP contribution in [0.25, 0.3) is 0 Å². The van der Waals surface area contributed by atoms with Crippen LogP contribution in [-0.4, -0.2) is 11.9 Å². The average Bonchev–Trinajstić information content (AvgIpc) is 2.42. The third-order valence-electron chi connectivity index (χ3n) is 3.42. The molecule has 1 amide bonds. The Labute approximate surface area is 107 Å². The van der Waals surface area contributed by atoms with Crippen LogP contribution in [0.15, 0.2) is 35.5 Å². The first kappa shape index (κ1) is 12.7. The molecule has 96 valence electrons. The highest BCUT2D eigenvalue weighted by molar-refractivity contribution is 5.83. The molecule has 1 aromatic carbocycles. The van der Waals surface area contributed by atoms with Crippen LogP contribution in [0, 0.1) is 4.91 Å². The number of benzene rings is 1. The fraction of sp³-hybridized carbons (Fsp3) is 0.500. The third-order valence-corrected chi connectivity index (χ3v) is 3.42. The maximum absolute atomic E-state index is 12.0. The molecule has 1 aliphatic rings. The van der Waals surface area contributed by atoms with E-state index in [4.69, 9.17) is 0 Å². The van der Waals surface area contributed by atoms with Gasteiger partial charge in [0.05, 0.1) is 0 Å². The minimum absolute atomic E-state index is 0.208. The molecule has 1 fully saturated rings. The molecule has 1 N–H and O–H groups in total. The van der Waals surface area contributed by atoms with E-state index in [0.717, 1.165) is 25.7 Å². The molecule has 0 aromatic heterocycles. The Kier molecular flexibility index (Phi) is 4.45. The number of amides is 1. The summed E-state index contributed by atoms with van der Waals surface area (Å²) in [5, 5.41) is 5.90. The summed E-state index contributed by atoms with van der Waals surface area (Å²) in [7, 11) is 0. The van der Waals surface area contributed by atoms with Gasteiger partial charge in [0.15, 0.2) is 6.04 Å². The van der Waals surface area contributed by atoms with E-state index in [9.17, 15) is 9.70 Å². The first-order valence-corrected chi connectivity index (χ1v) is 6.49. The molecule has 1 saturated carbocycles. The summed E-state index contributed by atoms with van der Waals surface area (Å²) >= 11 is 0. The summed E-state index contributed by atoms with van der Waals surface area (Å²) in [5.41, 5.74) is 0.654. The Balaban J connectivity index is 1.99. The van der Waals surface area contributed by atoms with Crippen molar-refractivity contribution in [2.24, 2.45) is 5.18 Å². The molecular weight excluding hydrogens is 228 g/mol. The van der Waals surface area contributed by atoms with Crippen LogP contribution >= 0.6 is 0 Å². The van der Waals surface area contributed by atoms with Crippen molar-refractivity contribution in [1.29, 1.82) is 0 Å². The van der Waals surface area contributed by atoms with Crippen molar-refractivity contribution in [2.75, 3.05) is 0 Å². The van der Waals surface area contributed by atoms with Crippen molar-refractivity contribution in [3.63, 3.8) is 0 Å². The molecule has 0 bridgehead atoms. The summed E-state index contributed by atoms with van der Waals surface area (Å²) < 4.78 is 0. The number of nitroso groups, excluding NO2 is 1. The predicted octanol–water partition coefficient (Wildman–Crippen LogP) is 2.94. The number of rotatable bonds is 4. The Morgan fingerprint density at radius 3 is 2.44 bits per heavy atom. The van der Waals surface area contributed by atoms with E-state index < -0.39 is 6.04 Å². The zero-order valence-electron chi connectivity index (χ0n) is 10.3. The first-order chi connectivity index (χ1) is 8.81. The molecule has 4 nitrogen and oxygen atoms in total. The molecule has 4 heteroatoms. The highest BCUT2D eigenvalue weighted by Gasteiger charge is 2.24. The normalized spacial score (nSPS) is 18.0. The largest absolute Gasteiger partial charge is 0.351 e. The molecule has 1 unspecified atom stereocenters. The average molecular weight is 246 g/mol. The van der Waals surface area contributed by atoms with E-state index in [1.807, 2.05) is 6.07 Å². The van der Waals surface area contributed by atoms with Crippen molar-refractivity contribution in [3.05, 3.63) is 40.8 Å². The highest BCUT2D eigenvalue weighted by atomic mass is 16.3. The predicted molar refractivity (Wildman–Crippen MR) is 70.0 cm³/mol. The van der Waals surface area contributed by atoms with Crippen LogP contribution in [0.4, 0.5) is 0 Å². The van der Waals surface area contributed by atoms with Gasteiger partial charge in [0, 0.05) is 6.04 Å². The van der Waals surface area contributed by atoms with Gasteiger partial charge in [0.1, 0.15) is 0 Å². The number of carbonyl (C=O) groups is 1. The molecule has 1 aliphatic carbocycles. The van der Waals surface area contributed by atoms with Gasteiger partial charge in [-0.15, -0.1) is 4.91 Å². The molecular formula is C14H18N2O2. The standard InChI is InChI=1S/C14H18N2O2/c17-14(15-12-9-5-2-6-10-12)13(16-18)11-7-3-1-4-8-11/h1,3-4,7-8,12-13H,2,5-6,9-10H2,(H,15,17). The summed E-state index contributed by atoms with van der Waals surface area (Å²) in [6.45, 7) is 0. The smallest absolute Gasteiger partial charge is 0.253 e. The second-order valence-electron chi connectivity index (χ2n) is 4.76. The van der Waals surface area contributed by atoms with Gasteiger partial charge in [-0.1, -0.05) is 54.8 Å². The maximum atomic E-state index is 12.0. The monoisotopic (exact) mass is 246 g/mol. The molecule has 0 heterocycles. The molecule has 0 radical (unpaired) electrons. The number of nitrogens with one attached hydrogen (secondary N) is 1. The molecule has 18 heavy (non-hydrogen) atoms. The molecule has 2 rings (SSSR count). The fourth-order valence-electron chi connectivity index (χ4n) is 2.42. The zero-order chi connectivity index (χ0) is 12.8. The summed E-state index contributed by atoms with van der Waals surface area (Å²) in [6.07, 6.45) is 5.55. The van der Waals surface area contributed by atoms with Crippen LogP contribution in [0.1, 0.15) is 43.7 Å². The zero-order valence-corrected chi connectivity index (χ0v) is 10.3. The van der Waals surface area contributed by atoms with E-state index in [1.54, 1.807) is 24.3 Å². The Morgan fingerprint density at radius 2 is 1.83 bits per heavy atom. The summed E-state index contributed by atoms with van der Waals surface area (Å²) in [5.74, 6) is -0.275. The van der Waals surface area contributed by atoms with Crippen LogP contribution in [0.3, 0.4) is 0 Å². The topological polar surface area (TPSA) is 58.5 Å². The minimum atomic E-state index is -0.923. The molecule has 0 aliphatic heterocycles. The third kappa shape index (κ3) is 3.15. The number of hydrogen-bond acceptors (Lipinski definition) is 3. The summed E-state index contributed by atoms with van der Waals surface area (Å²) in [4.78, 5) is 22.9. The number of nitrogens with zero attached hydrogens (tertiary/aromatic N) is 1. The van der Waals surface area contributed by atoms with Crippen LogP contribution in [0.2, 0.25) is 0 Å². The van der Waals surface area contributed by atoms with Gasteiger partial charge in [0.25, 0.3) is 5.91 Å². The van der Waals surface area contributed by atoms with Gasteiger partial charge in [0.2, 0.25) is 0 Å². The van der Waals surface area contributed by atoms with Crippen molar-refractivity contribution >= 4 is 5.91 Å². The van der Waals surface area contributed by atoms with E-state index in [2.05, 4.69) is 10.5 Å². The number of carbonyl (C=O) groups excluding carboxylic acids is 1. The second kappa shape index (κ2) is 6.28. The minimum Gasteiger partial charge on any atom is -0.351 e. The lowest BCUT2D eigenvalue weighted by Gasteiger charge is -2.23. The van der Waals surface area contributed by atoms with Gasteiger partial charge >= 0.3 is 0 Å². The Morgan fingerprint density at radius 1 is 1.17 bits per heavy atom. The van der Waals surface area contributed by atoms with Gasteiger partial charge in [-0.05, 0) is 18.4 Å². The lowest BCUT2D eigenvalue weighted by Crippen LogP contribution is -2.38. The van der Waals surface area contributed by atoms with E-state index >= 15 is 0 Å². The van der Waals surface area contributed by atoms with Gasteiger partial charge < -0.3 is 5.32 Å². The lowest BCUT2D eigenvalue weighted by atomic mass is 9.95. The van der Waals surface area contributed by atoms with Crippen molar-refractivity contribution < 1.29 is 4.79 Å². The SMILES string of the molecule is O=NC(C(=O)NC1CCCCC1)c1ccccc1. The molecule has 1 atom stereocenters. The second-order valence-corrected chi connectivity index (χ2v) is 4.76. The van der Waals surface area contributed by atoms with E-state index in [1.165, 1.54) is 6.42 Å². The van der Waals surface area contributed by atoms with Crippen LogP contribution in [0.5, 0.6) is 0 Å². The molecule has 0 saturated heterocycles. The maximum Gasteiger partial charge on any atom is 0.253 e.